The van der Waals surface area contributed by atoms with Crippen molar-refractivity contribution in [1.29, 1.82) is 0 Å². The predicted octanol–water partition coefficient (Wildman–Crippen LogP) is 3.23. The van der Waals surface area contributed by atoms with E-state index in [-0.39, 0.29) is 11.7 Å². The Bertz CT molecular complexity index is 350. The Kier molecular flexibility index (Phi) is 4.92. The van der Waals surface area contributed by atoms with E-state index in [1.807, 2.05) is 13.0 Å². The van der Waals surface area contributed by atoms with Crippen LogP contribution in [0.25, 0.3) is 0 Å². The van der Waals surface area contributed by atoms with Crippen LogP contribution in [0.2, 0.25) is 5.02 Å². The summed E-state index contributed by atoms with van der Waals surface area (Å²) in [4.78, 5) is 10.9. The molecule has 4 heteroatoms. The Balaban J connectivity index is 2.44. The number of ketones is 1. The molecule has 0 unspecified atom stereocenters. The topological polar surface area (TPSA) is 26.3 Å². The normalized spacial score (nSPS) is 10.1. The predicted molar refractivity (Wildman–Crippen MR) is 62.0 cm³/mol. The lowest BCUT2D eigenvalue weighted by Crippen LogP contribution is -2.07. The van der Waals surface area contributed by atoms with Crippen LogP contribution in [0.3, 0.4) is 0 Å². The molecule has 0 fully saturated rings. The van der Waals surface area contributed by atoms with Crippen molar-refractivity contribution >= 4 is 29.0 Å². The largest absolute Gasteiger partial charge is 0.493 e. The number of alkyl halides is 1. The van der Waals surface area contributed by atoms with Gasteiger partial charge in [0.05, 0.1) is 12.5 Å². The van der Waals surface area contributed by atoms with E-state index in [1.54, 1.807) is 12.1 Å². The summed E-state index contributed by atoms with van der Waals surface area (Å²) in [6.07, 6.45) is 0.338. The third kappa shape index (κ3) is 4.10. The van der Waals surface area contributed by atoms with Crippen molar-refractivity contribution in [1.82, 2.24) is 0 Å². The molecule has 0 saturated heterocycles. The molecule has 1 aromatic rings. The van der Waals surface area contributed by atoms with E-state index >= 15 is 0 Å². The van der Waals surface area contributed by atoms with Crippen molar-refractivity contribution in [3.8, 4) is 5.75 Å². The van der Waals surface area contributed by atoms with Gasteiger partial charge in [-0.1, -0.05) is 11.6 Å². The van der Waals surface area contributed by atoms with Gasteiger partial charge >= 0.3 is 0 Å². The number of Topliss-reactive ketones (excluding diaryl/α,β-unsaturated/α-hetero) is 1. The lowest BCUT2D eigenvalue weighted by Gasteiger charge is -2.06. The molecular weight excluding hydrogens is 235 g/mol. The molecule has 0 amide bonds. The molecule has 1 aromatic carbocycles. The molecule has 2 nitrogen and oxygen atoms in total. The lowest BCUT2D eigenvalue weighted by molar-refractivity contribution is -0.117. The van der Waals surface area contributed by atoms with Gasteiger partial charge in [0.2, 0.25) is 0 Å². The number of ether oxygens (including phenoxy) is 1. The summed E-state index contributed by atoms with van der Waals surface area (Å²) in [7, 11) is 0. The zero-order valence-corrected chi connectivity index (χ0v) is 9.94. The first kappa shape index (κ1) is 12.3. The Morgan fingerprint density at radius 1 is 1.47 bits per heavy atom. The third-order valence-electron chi connectivity index (χ3n) is 1.93. The van der Waals surface area contributed by atoms with Crippen molar-refractivity contribution in [3.05, 3.63) is 28.8 Å². The first-order valence-corrected chi connectivity index (χ1v) is 5.51. The van der Waals surface area contributed by atoms with Gasteiger partial charge in [-0.3, -0.25) is 4.79 Å². The number of halogens is 2. The fourth-order valence-corrected chi connectivity index (χ4v) is 1.31. The minimum Gasteiger partial charge on any atom is -0.493 e. The monoisotopic (exact) mass is 246 g/mol. The maximum Gasteiger partial charge on any atom is 0.150 e. The van der Waals surface area contributed by atoms with E-state index < -0.39 is 0 Å². The Morgan fingerprint density at radius 2 is 2.20 bits per heavy atom. The number of hydrogen-bond donors (Lipinski definition) is 0. The fourth-order valence-electron chi connectivity index (χ4n) is 1.06. The van der Waals surface area contributed by atoms with E-state index in [1.165, 1.54) is 0 Å². The van der Waals surface area contributed by atoms with Gasteiger partial charge < -0.3 is 4.74 Å². The Hall–Kier alpha value is -0.730. The van der Waals surface area contributed by atoms with Crippen LogP contribution in [0.15, 0.2) is 18.2 Å². The second-order valence-corrected chi connectivity index (χ2v) is 3.86. The molecule has 15 heavy (non-hydrogen) atoms. The highest BCUT2D eigenvalue weighted by Crippen LogP contribution is 2.20. The Morgan fingerprint density at radius 3 is 2.80 bits per heavy atom. The second-order valence-electron chi connectivity index (χ2n) is 3.18. The van der Waals surface area contributed by atoms with Crippen LogP contribution in [0.4, 0.5) is 0 Å². The van der Waals surface area contributed by atoms with Crippen LogP contribution in [0.1, 0.15) is 12.0 Å². The summed E-state index contributed by atoms with van der Waals surface area (Å²) in [6, 6.07) is 5.39. The quantitative estimate of drug-likeness (QED) is 0.746. The highest BCUT2D eigenvalue weighted by molar-refractivity contribution is 6.31. The third-order valence-corrected chi connectivity index (χ3v) is 2.65. The van der Waals surface area contributed by atoms with Gasteiger partial charge in [-0.2, -0.15) is 0 Å². The van der Waals surface area contributed by atoms with Gasteiger partial charge in [-0.05, 0) is 30.7 Å². The number of benzene rings is 1. The summed E-state index contributed by atoms with van der Waals surface area (Å²) >= 11 is 11.2. The van der Waals surface area contributed by atoms with Gasteiger partial charge in [-0.25, -0.2) is 0 Å². The summed E-state index contributed by atoms with van der Waals surface area (Å²) in [6.45, 7) is 2.26. The van der Waals surface area contributed by atoms with E-state index in [9.17, 15) is 4.79 Å². The molecule has 0 aliphatic heterocycles. The maximum absolute atomic E-state index is 10.9. The molecular formula is C11H12Cl2O2. The molecule has 0 heterocycles. The van der Waals surface area contributed by atoms with Crippen LogP contribution >= 0.6 is 23.2 Å². The molecule has 0 aliphatic carbocycles. The molecule has 0 radical (unpaired) electrons. The molecule has 1 rings (SSSR count). The lowest BCUT2D eigenvalue weighted by atomic mass is 10.2. The number of hydrogen-bond acceptors (Lipinski definition) is 2. The highest BCUT2D eigenvalue weighted by atomic mass is 35.5. The molecule has 0 spiro atoms. The van der Waals surface area contributed by atoms with Crippen LogP contribution in [0.5, 0.6) is 5.75 Å². The maximum atomic E-state index is 10.9. The van der Waals surface area contributed by atoms with Crippen LogP contribution < -0.4 is 4.74 Å². The van der Waals surface area contributed by atoms with E-state index in [0.717, 1.165) is 11.3 Å². The minimum absolute atomic E-state index is 0.0117. The number of rotatable bonds is 5. The molecule has 0 aliphatic rings. The average molecular weight is 247 g/mol. The average Bonchev–Trinajstić information content (AvgIpc) is 2.23. The van der Waals surface area contributed by atoms with Gasteiger partial charge in [0, 0.05) is 11.4 Å². The van der Waals surface area contributed by atoms with Crippen LogP contribution in [-0.2, 0) is 4.79 Å². The Labute approximate surface area is 99.1 Å². The fraction of sp³-hybridized carbons (Fsp3) is 0.364. The van der Waals surface area contributed by atoms with E-state index in [2.05, 4.69) is 0 Å². The minimum atomic E-state index is -0.0117. The van der Waals surface area contributed by atoms with E-state index in [4.69, 9.17) is 27.9 Å². The number of aryl methyl sites for hydroxylation is 1. The van der Waals surface area contributed by atoms with E-state index in [0.29, 0.717) is 18.1 Å². The summed E-state index contributed by atoms with van der Waals surface area (Å²) in [5.74, 6) is 0.754. The first-order valence-electron chi connectivity index (χ1n) is 4.60. The van der Waals surface area contributed by atoms with Crippen LogP contribution in [-0.4, -0.2) is 18.3 Å². The highest BCUT2D eigenvalue weighted by Gasteiger charge is 2.01. The molecule has 0 atom stereocenters. The van der Waals surface area contributed by atoms with Crippen molar-refractivity contribution in [2.75, 3.05) is 12.5 Å². The van der Waals surface area contributed by atoms with Crippen molar-refractivity contribution in [2.24, 2.45) is 0 Å². The summed E-state index contributed by atoms with van der Waals surface area (Å²) in [5.41, 5.74) is 0.956. The van der Waals surface area contributed by atoms with Crippen molar-refractivity contribution in [3.63, 3.8) is 0 Å². The van der Waals surface area contributed by atoms with Gasteiger partial charge in [0.25, 0.3) is 0 Å². The van der Waals surface area contributed by atoms with Crippen LogP contribution in [0, 0.1) is 6.92 Å². The van der Waals surface area contributed by atoms with Crippen molar-refractivity contribution < 1.29 is 9.53 Å². The van der Waals surface area contributed by atoms with Gasteiger partial charge in [0.1, 0.15) is 5.75 Å². The zero-order valence-electron chi connectivity index (χ0n) is 8.43. The smallest absolute Gasteiger partial charge is 0.150 e. The first-order chi connectivity index (χ1) is 7.13. The molecule has 82 valence electrons. The van der Waals surface area contributed by atoms with Gasteiger partial charge in [0.15, 0.2) is 5.78 Å². The summed E-state index contributed by atoms with van der Waals surface area (Å²) in [5, 5.41) is 0.708. The standard InChI is InChI=1S/C11H12Cl2O2/c1-8-6-10(2-3-11(8)13)15-5-4-9(14)7-12/h2-3,6H,4-5,7H2,1H3. The molecule has 0 saturated carbocycles. The molecule has 0 N–H and O–H groups in total. The molecule has 0 aromatic heterocycles. The van der Waals surface area contributed by atoms with Crippen molar-refractivity contribution in [2.45, 2.75) is 13.3 Å². The zero-order chi connectivity index (χ0) is 11.3. The second kappa shape index (κ2) is 5.99. The SMILES string of the molecule is Cc1cc(OCCC(=O)CCl)ccc1Cl. The van der Waals surface area contributed by atoms with Gasteiger partial charge in [-0.15, -0.1) is 11.6 Å². The summed E-state index contributed by atoms with van der Waals surface area (Å²) < 4.78 is 5.38. The molecule has 0 bridgehead atoms. The number of carbonyl (C=O) groups is 1. The number of carbonyl (C=O) groups excluding carboxylic acids is 1.